The summed E-state index contributed by atoms with van der Waals surface area (Å²) in [5.41, 5.74) is 0.372. The van der Waals surface area contributed by atoms with Gasteiger partial charge in [0.15, 0.2) is 5.78 Å². The Balaban J connectivity index is 2.63. The summed E-state index contributed by atoms with van der Waals surface area (Å²) in [6.45, 7) is 8.22. The number of carbonyl (C=O) groups is 3. The number of anilines is 1. The van der Waals surface area contributed by atoms with Gasteiger partial charge in [-0.1, -0.05) is 12.1 Å². The molecule has 2 N–H and O–H groups in total. The van der Waals surface area contributed by atoms with Gasteiger partial charge in [0.25, 0.3) is 0 Å². The van der Waals surface area contributed by atoms with Gasteiger partial charge in [0, 0.05) is 11.3 Å². The van der Waals surface area contributed by atoms with Crippen molar-refractivity contribution in [3.63, 3.8) is 0 Å². The first-order valence-electron chi connectivity index (χ1n) is 7.00. The van der Waals surface area contributed by atoms with Crippen molar-refractivity contribution in [3.8, 4) is 0 Å². The highest BCUT2D eigenvalue weighted by Crippen LogP contribution is 2.12. The molecular formula is C16H22N2O4. The molecule has 2 amide bonds. The van der Waals surface area contributed by atoms with Gasteiger partial charge < -0.3 is 15.4 Å². The minimum absolute atomic E-state index is 0.0870. The van der Waals surface area contributed by atoms with E-state index in [9.17, 15) is 14.4 Å². The number of hydrogen-bond acceptors (Lipinski definition) is 4. The molecule has 0 spiro atoms. The van der Waals surface area contributed by atoms with Gasteiger partial charge in [-0.2, -0.15) is 0 Å². The maximum atomic E-state index is 12.0. The predicted molar refractivity (Wildman–Crippen MR) is 83.9 cm³/mol. The molecule has 6 heteroatoms. The average Bonchev–Trinajstić information content (AvgIpc) is 2.36. The van der Waals surface area contributed by atoms with Crippen LogP contribution in [0.3, 0.4) is 0 Å². The number of amides is 2. The molecular weight excluding hydrogens is 284 g/mol. The Bertz CT molecular complexity index is 576. The zero-order chi connectivity index (χ0) is 16.9. The molecule has 0 fully saturated rings. The van der Waals surface area contributed by atoms with Crippen LogP contribution in [-0.2, 0) is 9.53 Å². The van der Waals surface area contributed by atoms with Crippen LogP contribution in [-0.4, -0.2) is 29.4 Å². The first-order valence-corrected chi connectivity index (χ1v) is 7.00. The minimum atomic E-state index is -0.768. The van der Waals surface area contributed by atoms with Gasteiger partial charge in [-0.15, -0.1) is 0 Å². The molecule has 0 aliphatic rings. The third kappa shape index (κ3) is 5.95. The summed E-state index contributed by atoms with van der Waals surface area (Å²) in [4.78, 5) is 34.9. The average molecular weight is 306 g/mol. The van der Waals surface area contributed by atoms with E-state index < -0.39 is 23.6 Å². The molecule has 0 saturated carbocycles. The van der Waals surface area contributed by atoms with Crippen molar-refractivity contribution in [3.05, 3.63) is 29.8 Å². The number of Topliss-reactive ketones (excluding diaryl/α,β-unsaturated/α-hetero) is 1. The standard InChI is InChI=1S/C16H22N2O4/c1-10(17-15(21)22-16(3,4)5)14(20)18-13-8-6-7-12(9-13)11(2)19/h6-10H,1-5H3,(H,17,21)(H,18,20)/t10-/m1/s1. The summed E-state index contributed by atoms with van der Waals surface area (Å²) in [5, 5.41) is 5.10. The topological polar surface area (TPSA) is 84.5 Å². The van der Waals surface area contributed by atoms with Crippen molar-refractivity contribution in [2.45, 2.75) is 46.3 Å². The van der Waals surface area contributed by atoms with E-state index in [1.165, 1.54) is 6.92 Å². The van der Waals surface area contributed by atoms with Gasteiger partial charge in [-0.05, 0) is 46.8 Å². The van der Waals surface area contributed by atoms with E-state index in [0.29, 0.717) is 11.3 Å². The highest BCUT2D eigenvalue weighted by Gasteiger charge is 2.21. The van der Waals surface area contributed by atoms with Crippen LogP contribution >= 0.6 is 0 Å². The lowest BCUT2D eigenvalue weighted by atomic mass is 10.1. The molecule has 0 bridgehead atoms. The summed E-state index contributed by atoms with van der Waals surface area (Å²) in [6.07, 6.45) is -0.660. The zero-order valence-corrected chi connectivity index (χ0v) is 13.5. The Labute approximate surface area is 130 Å². The molecule has 6 nitrogen and oxygen atoms in total. The summed E-state index contributed by atoms with van der Waals surface area (Å²) in [6, 6.07) is 5.83. The molecule has 0 radical (unpaired) electrons. The monoisotopic (exact) mass is 306 g/mol. The van der Waals surface area contributed by atoms with Crippen LogP contribution in [0.25, 0.3) is 0 Å². The Morgan fingerprint density at radius 1 is 1.18 bits per heavy atom. The summed E-state index contributed by atoms with van der Waals surface area (Å²) < 4.78 is 5.08. The number of rotatable bonds is 4. The van der Waals surface area contributed by atoms with Crippen molar-refractivity contribution >= 4 is 23.5 Å². The number of hydrogen-bond donors (Lipinski definition) is 2. The van der Waals surface area contributed by atoms with E-state index in [1.54, 1.807) is 52.0 Å². The SMILES string of the molecule is CC(=O)c1cccc(NC(=O)[C@@H](C)NC(=O)OC(C)(C)C)c1. The number of ketones is 1. The molecule has 1 aromatic rings. The summed E-state index contributed by atoms with van der Waals surface area (Å²) in [5.74, 6) is -0.484. The van der Waals surface area contributed by atoms with Crippen molar-refractivity contribution < 1.29 is 19.1 Å². The van der Waals surface area contributed by atoms with Crippen LogP contribution in [0, 0.1) is 0 Å². The molecule has 1 rings (SSSR count). The lowest BCUT2D eigenvalue weighted by Crippen LogP contribution is -2.43. The predicted octanol–water partition coefficient (Wildman–Crippen LogP) is 2.74. The fraction of sp³-hybridized carbons (Fsp3) is 0.438. The smallest absolute Gasteiger partial charge is 0.408 e. The highest BCUT2D eigenvalue weighted by atomic mass is 16.6. The lowest BCUT2D eigenvalue weighted by molar-refractivity contribution is -0.117. The normalized spacial score (nSPS) is 12.2. The number of nitrogens with one attached hydrogen (secondary N) is 2. The van der Waals surface area contributed by atoms with E-state index in [-0.39, 0.29) is 5.78 Å². The van der Waals surface area contributed by atoms with E-state index in [0.717, 1.165) is 0 Å². The fourth-order valence-corrected chi connectivity index (χ4v) is 1.62. The molecule has 0 saturated heterocycles. The fourth-order valence-electron chi connectivity index (χ4n) is 1.62. The second kappa shape index (κ2) is 7.06. The van der Waals surface area contributed by atoms with Crippen molar-refractivity contribution in [1.29, 1.82) is 0 Å². The lowest BCUT2D eigenvalue weighted by Gasteiger charge is -2.21. The Kier molecular flexibility index (Phi) is 5.68. The molecule has 0 aliphatic carbocycles. The molecule has 22 heavy (non-hydrogen) atoms. The molecule has 1 aromatic carbocycles. The molecule has 1 atom stereocenters. The Morgan fingerprint density at radius 2 is 1.82 bits per heavy atom. The zero-order valence-electron chi connectivity index (χ0n) is 13.5. The van der Waals surface area contributed by atoms with E-state index in [1.807, 2.05) is 0 Å². The molecule has 0 aliphatic heterocycles. The Morgan fingerprint density at radius 3 is 2.36 bits per heavy atom. The van der Waals surface area contributed by atoms with Crippen molar-refractivity contribution in [2.75, 3.05) is 5.32 Å². The number of ether oxygens (including phenoxy) is 1. The van der Waals surface area contributed by atoms with Crippen LogP contribution in [0.1, 0.15) is 45.0 Å². The third-order valence-corrected chi connectivity index (χ3v) is 2.66. The first-order chi connectivity index (χ1) is 10.1. The van der Waals surface area contributed by atoms with E-state index in [2.05, 4.69) is 10.6 Å². The molecule has 0 aromatic heterocycles. The van der Waals surface area contributed by atoms with Gasteiger partial charge in [0.2, 0.25) is 5.91 Å². The van der Waals surface area contributed by atoms with Crippen LogP contribution in [0.4, 0.5) is 10.5 Å². The molecule has 0 unspecified atom stereocenters. The largest absolute Gasteiger partial charge is 0.444 e. The maximum absolute atomic E-state index is 12.0. The minimum Gasteiger partial charge on any atom is -0.444 e. The second-order valence-corrected chi connectivity index (χ2v) is 5.99. The Hall–Kier alpha value is -2.37. The third-order valence-electron chi connectivity index (χ3n) is 2.66. The van der Waals surface area contributed by atoms with Gasteiger partial charge in [-0.25, -0.2) is 4.79 Å². The van der Waals surface area contributed by atoms with Crippen molar-refractivity contribution in [2.24, 2.45) is 0 Å². The van der Waals surface area contributed by atoms with Crippen molar-refractivity contribution in [1.82, 2.24) is 5.32 Å². The van der Waals surface area contributed by atoms with Gasteiger partial charge in [0.05, 0.1) is 0 Å². The summed E-state index contributed by atoms with van der Waals surface area (Å²) in [7, 11) is 0. The van der Waals surface area contributed by atoms with Crippen LogP contribution in [0.2, 0.25) is 0 Å². The summed E-state index contributed by atoms with van der Waals surface area (Å²) >= 11 is 0. The van der Waals surface area contributed by atoms with Gasteiger partial charge >= 0.3 is 6.09 Å². The second-order valence-electron chi connectivity index (χ2n) is 5.99. The van der Waals surface area contributed by atoms with E-state index in [4.69, 9.17) is 4.74 Å². The van der Waals surface area contributed by atoms with Crippen LogP contribution < -0.4 is 10.6 Å². The quantitative estimate of drug-likeness (QED) is 0.838. The number of alkyl carbamates (subject to hydrolysis) is 1. The number of carbonyl (C=O) groups excluding carboxylic acids is 3. The molecule has 120 valence electrons. The van der Waals surface area contributed by atoms with Gasteiger partial charge in [-0.3, -0.25) is 9.59 Å². The van der Waals surface area contributed by atoms with Crippen LogP contribution in [0.5, 0.6) is 0 Å². The van der Waals surface area contributed by atoms with E-state index >= 15 is 0 Å². The first kappa shape index (κ1) is 17.7. The van der Waals surface area contributed by atoms with Crippen LogP contribution in [0.15, 0.2) is 24.3 Å². The maximum Gasteiger partial charge on any atom is 0.408 e. The number of benzene rings is 1. The molecule has 0 heterocycles. The van der Waals surface area contributed by atoms with Gasteiger partial charge in [0.1, 0.15) is 11.6 Å². The highest BCUT2D eigenvalue weighted by molar-refractivity contribution is 5.99.